The van der Waals surface area contributed by atoms with Gasteiger partial charge < -0.3 is 5.11 Å². The standard InChI is InChI=1S/C14H22O/c1-11(15)13-8-6-5-7-12(13)9-10-14(2,3)4/h5-8,11,15H,9-10H2,1-4H3. The molecule has 0 fully saturated rings. The topological polar surface area (TPSA) is 20.2 Å². The molecule has 0 aromatic heterocycles. The third-order valence-electron chi connectivity index (χ3n) is 2.65. The normalized spacial score (nSPS) is 13.9. The van der Waals surface area contributed by atoms with Crippen LogP contribution in [0.3, 0.4) is 0 Å². The van der Waals surface area contributed by atoms with Crippen LogP contribution >= 0.6 is 0 Å². The molecule has 1 N–H and O–H groups in total. The first kappa shape index (κ1) is 12.3. The summed E-state index contributed by atoms with van der Waals surface area (Å²) in [4.78, 5) is 0. The van der Waals surface area contributed by atoms with Gasteiger partial charge in [0.25, 0.3) is 0 Å². The number of hydrogen-bond acceptors (Lipinski definition) is 1. The summed E-state index contributed by atoms with van der Waals surface area (Å²) in [6.45, 7) is 8.57. The molecule has 84 valence electrons. The van der Waals surface area contributed by atoms with Crippen LogP contribution in [0, 0.1) is 5.41 Å². The summed E-state index contributed by atoms with van der Waals surface area (Å²) in [6, 6.07) is 8.17. The van der Waals surface area contributed by atoms with Gasteiger partial charge in [0.2, 0.25) is 0 Å². The Balaban J connectivity index is 2.76. The van der Waals surface area contributed by atoms with Crippen LogP contribution in [0.4, 0.5) is 0 Å². The van der Waals surface area contributed by atoms with Crippen molar-refractivity contribution in [2.24, 2.45) is 5.41 Å². The highest BCUT2D eigenvalue weighted by molar-refractivity contribution is 5.28. The first-order chi connectivity index (χ1) is 6.90. The van der Waals surface area contributed by atoms with Crippen molar-refractivity contribution in [1.82, 2.24) is 0 Å². The van der Waals surface area contributed by atoms with Crippen LogP contribution in [-0.2, 0) is 6.42 Å². The van der Waals surface area contributed by atoms with Crippen LogP contribution in [0.5, 0.6) is 0 Å². The smallest absolute Gasteiger partial charge is 0.0764 e. The highest BCUT2D eigenvalue weighted by atomic mass is 16.3. The third-order valence-corrected chi connectivity index (χ3v) is 2.65. The molecule has 1 aromatic rings. The fourth-order valence-electron chi connectivity index (χ4n) is 1.68. The van der Waals surface area contributed by atoms with Gasteiger partial charge in [0, 0.05) is 0 Å². The molecule has 0 aliphatic heterocycles. The van der Waals surface area contributed by atoms with Gasteiger partial charge in [-0.3, -0.25) is 0 Å². The van der Waals surface area contributed by atoms with E-state index in [1.54, 1.807) is 0 Å². The zero-order chi connectivity index (χ0) is 11.5. The van der Waals surface area contributed by atoms with E-state index in [9.17, 15) is 5.11 Å². The van der Waals surface area contributed by atoms with Gasteiger partial charge in [-0.15, -0.1) is 0 Å². The quantitative estimate of drug-likeness (QED) is 0.799. The minimum Gasteiger partial charge on any atom is -0.389 e. The fraction of sp³-hybridized carbons (Fsp3) is 0.571. The maximum atomic E-state index is 9.63. The summed E-state index contributed by atoms with van der Waals surface area (Å²) in [7, 11) is 0. The van der Waals surface area contributed by atoms with Crippen LogP contribution in [0.1, 0.15) is 51.3 Å². The number of aliphatic hydroxyl groups excluding tert-OH is 1. The van der Waals surface area contributed by atoms with Crippen molar-refractivity contribution in [2.75, 3.05) is 0 Å². The predicted molar refractivity (Wildman–Crippen MR) is 64.9 cm³/mol. The van der Waals surface area contributed by atoms with Crippen LogP contribution in [0.15, 0.2) is 24.3 Å². The second-order valence-electron chi connectivity index (χ2n) is 5.44. The average molecular weight is 206 g/mol. The number of benzene rings is 1. The summed E-state index contributed by atoms with van der Waals surface area (Å²) in [5, 5.41) is 9.63. The summed E-state index contributed by atoms with van der Waals surface area (Å²) >= 11 is 0. The van der Waals surface area contributed by atoms with E-state index in [1.807, 2.05) is 25.1 Å². The number of hydrogen-bond donors (Lipinski definition) is 1. The lowest BCUT2D eigenvalue weighted by Gasteiger charge is -2.19. The van der Waals surface area contributed by atoms with E-state index in [0.29, 0.717) is 5.41 Å². The Kier molecular flexibility index (Phi) is 3.92. The maximum absolute atomic E-state index is 9.63. The molecular formula is C14H22O. The zero-order valence-electron chi connectivity index (χ0n) is 10.2. The van der Waals surface area contributed by atoms with E-state index in [2.05, 4.69) is 26.8 Å². The molecule has 1 aromatic carbocycles. The molecule has 0 heterocycles. The Hall–Kier alpha value is -0.820. The van der Waals surface area contributed by atoms with Gasteiger partial charge in [0.05, 0.1) is 6.10 Å². The molecule has 0 spiro atoms. The molecular weight excluding hydrogens is 184 g/mol. The minimum absolute atomic E-state index is 0.353. The van der Waals surface area contributed by atoms with Crippen LogP contribution in [-0.4, -0.2) is 5.11 Å². The number of rotatable bonds is 3. The molecule has 0 radical (unpaired) electrons. The van der Waals surface area contributed by atoms with Crippen molar-refractivity contribution in [3.63, 3.8) is 0 Å². The molecule has 1 nitrogen and oxygen atoms in total. The average Bonchev–Trinajstić information content (AvgIpc) is 2.14. The molecule has 15 heavy (non-hydrogen) atoms. The molecule has 1 rings (SSSR count). The van der Waals surface area contributed by atoms with E-state index < -0.39 is 0 Å². The Morgan fingerprint density at radius 3 is 2.33 bits per heavy atom. The molecule has 0 bridgehead atoms. The maximum Gasteiger partial charge on any atom is 0.0764 e. The molecule has 0 saturated carbocycles. The molecule has 0 saturated heterocycles. The third kappa shape index (κ3) is 4.05. The zero-order valence-corrected chi connectivity index (χ0v) is 10.2. The largest absolute Gasteiger partial charge is 0.389 e. The van der Waals surface area contributed by atoms with Crippen LogP contribution in [0.25, 0.3) is 0 Å². The van der Waals surface area contributed by atoms with E-state index in [0.717, 1.165) is 18.4 Å². The van der Waals surface area contributed by atoms with Crippen molar-refractivity contribution in [3.8, 4) is 0 Å². The van der Waals surface area contributed by atoms with Gasteiger partial charge in [-0.1, -0.05) is 45.0 Å². The van der Waals surface area contributed by atoms with Crippen molar-refractivity contribution in [2.45, 2.75) is 46.6 Å². The Morgan fingerprint density at radius 1 is 1.20 bits per heavy atom. The van der Waals surface area contributed by atoms with E-state index in [1.165, 1.54) is 5.56 Å². The van der Waals surface area contributed by atoms with Crippen molar-refractivity contribution in [1.29, 1.82) is 0 Å². The van der Waals surface area contributed by atoms with Crippen molar-refractivity contribution >= 4 is 0 Å². The summed E-state index contributed by atoms with van der Waals surface area (Å²) < 4.78 is 0. The second-order valence-corrected chi connectivity index (χ2v) is 5.44. The van der Waals surface area contributed by atoms with Crippen molar-refractivity contribution < 1.29 is 5.11 Å². The molecule has 1 unspecified atom stereocenters. The van der Waals surface area contributed by atoms with Crippen molar-refractivity contribution in [3.05, 3.63) is 35.4 Å². The van der Waals surface area contributed by atoms with Crippen LogP contribution in [0.2, 0.25) is 0 Å². The van der Waals surface area contributed by atoms with Gasteiger partial charge in [0.1, 0.15) is 0 Å². The Bertz CT molecular complexity index is 307. The van der Waals surface area contributed by atoms with E-state index in [-0.39, 0.29) is 6.10 Å². The minimum atomic E-state index is -0.360. The molecule has 1 atom stereocenters. The van der Waals surface area contributed by atoms with Gasteiger partial charge >= 0.3 is 0 Å². The summed E-state index contributed by atoms with van der Waals surface area (Å²) in [5.41, 5.74) is 2.70. The number of aryl methyl sites for hydroxylation is 1. The van der Waals surface area contributed by atoms with E-state index >= 15 is 0 Å². The highest BCUT2D eigenvalue weighted by Gasteiger charge is 2.12. The fourth-order valence-corrected chi connectivity index (χ4v) is 1.68. The van der Waals surface area contributed by atoms with Gasteiger partial charge in [-0.25, -0.2) is 0 Å². The monoisotopic (exact) mass is 206 g/mol. The lowest BCUT2D eigenvalue weighted by molar-refractivity contribution is 0.197. The van der Waals surface area contributed by atoms with Gasteiger partial charge in [0.15, 0.2) is 0 Å². The molecule has 0 aliphatic carbocycles. The molecule has 0 aliphatic rings. The Morgan fingerprint density at radius 2 is 1.80 bits per heavy atom. The molecule has 1 heteroatoms. The van der Waals surface area contributed by atoms with Crippen LogP contribution < -0.4 is 0 Å². The summed E-state index contributed by atoms with van der Waals surface area (Å²) in [5.74, 6) is 0. The number of aliphatic hydroxyl groups is 1. The summed E-state index contributed by atoms with van der Waals surface area (Å²) in [6.07, 6.45) is 1.84. The first-order valence-corrected chi connectivity index (χ1v) is 5.66. The van der Waals surface area contributed by atoms with Gasteiger partial charge in [-0.2, -0.15) is 0 Å². The highest BCUT2D eigenvalue weighted by Crippen LogP contribution is 2.25. The lowest BCUT2D eigenvalue weighted by Crippen LogP contribution is -2.08. The SMILES string of the molecule is CC(O)c1ccccc1CCC(C)(C)C. The van der Waals surface area contributed by atoms with Gasteiger partial charge in [-0.05, 0) is 36.3 Å². The van der Waals surface area contributed by atoms with E-state index in [4.69, 9.17) is 0 Å². The molecule has 0 amide bonds. The lowest BCUT2D eigenvalue weighted by atomic mass is 9.87. The second kappa shape index (κ2) is 4.80. The Labute approximate surface area is 93.1 Å². The predicted octanol–water partition coefficient (Wildman–Crippen LogP) is 3.72. The first-order valence-electron chi connectivity index (χ1n) is 5.66.